The van der Waals surface area contributed by atoms with Crippen molar-refractivity contribution < 1.29 is 13.2 Å². The maximum Gasteiger partial charge on any atom is 0.451 e. The Kier molecular flexibility index (Phi) is 4.16. The summed E-state index contributed by atoms with van der Waals surface area (Å²) >= 11 is 0. The maximum absolute atomic E-state index is 12.9. The fourth-order valence-corrected chi connectivity index (χ4v) is 2.11. The van der Waals surface area contributed by atoms with Crippen LogP contribution in [0.3, 0.4) is 0 Å². The number of hydrogen-bond acceptors (Lipinski definition) is 4. The fraction of sp³-hybridized carbons (Fsp3) is 0.118. The van der Waals surface area contributed by atoms with Crippen molar-refractivity contribution in [3.63, 3.8) is 0 Å². The summed E-state index contributed by atoms with van der Waals surface area (Å²) in [7, 11) is 0. The number of hydrogen-bond donors (Lipinski definition) is 1. The number of alkyl halides is 3. The number of anilines is 1. The quantitative estimate of drug-likeness (QED) is 0.572. The molecule has 0 unspecified atom stereocenters. The van der Waals surface area contributed by atoms with Crippen molar-refractivity contribution in [2.45, 2.75) is 13.1 Å². The standard InChI is InChI=1S/C17H13F3N4/c1-11-6-8-12(9-7-11)10-21-24-15-13-4-2-3-5-14(13)22-16(23-15)17(18,19)20/h2-10H,1H3,(H,22,23,24). The summed E-state index contributed by atoms with van der Waals surface area (Å²) in [4.78, 5) is 7.11. The number of rotatable bonds is 3. The molecule has 0 saturated heterocycles. The van der Waals surface area contributed by atoms with Crippen LogP contribution in [0.25, 0.3) is 10.9 Å². The summed E-state index contributed by atoms with van der Waals surface area (Å²) in [5.41, 5.74) is 4.71. The van der Waals surface area contributed by atoms with Gasteiger partial charge in [0, 0.05) is 5.39 Å². The molecule has 0 radical (unpaired) electrons. The molecule has 3 rings (SSSR count). The first-order chi connectivity index (χ1) is 11.4. The monoisotopic (exact) mass is 330 g/mol. The van der Waals surface area contributed by atoms with Crippen molar-refractivity contribution in [1.29, 1.82) is 0 Å². The predicted molar refractivity (Wildman–Crippen MR) is 86.9 cm³/mol. The molecule has 0 amide bonds. The second-order valence-corrected chi connectivity index (χ2v) is 5.19. The molecule has 122 valence electrons. The lowest BCUT2D eigenvalue weighted by molar-refractivity contribution is -0.144. The number of benzene rings is 2. The molecule has 0 fully saturated rings. The number of fused-ring (bicyclic) bond motifs is 1. The zero-order chi connectivity index (χ0) is 17.2. The number of aryl methyl sites for hydroxylation is 1. The van der Waals surface area contributed by atoms with Crippen molar-refractivity contribution >= 4 is 22.9 Å². The summed E-state index contributed by atoms with van der Waals surface area (Å²) in [5.74, 6) is -1.19. The van der Waals surface area contributed by atoms with Gasteiger partial charge >= 0.3 is 6.18 Å². The molecule has 4 nitrogen and oxygen atoms in total. The van der Waals surface area contributed by atoms with Gasteiger partial charge in [-0.3, -0.25) is 5.43 Å². The van der Waals surface area contributed by atoms with Crippen molar-refractivity contribution in [2.24, 2.45) is 5.10 Å². The highest BCUT2D eigenvalue weighted by Crippen LogP contribution is 2.30. The van der Waals surface area contributed by atoms with Gasteiger partial charge in [-0.05, 0) is 24.6 Å². The van der Waals surface area contributed by atoms with E-state index in [0.29, 0.717) is 5.39 Å². The maximum atomic E-state index is 12.9. The third kappa shape index (κ3) is 3.51. The van der Waals surface area contributed by atoms with E-state index in [4.69, 9.17) is 0 Å². The molecule has 0 aliphatic heterocycles. The van der Waals surface area contributed by atoms with E-state index in [1.165, 1.54) is 12.3 Å². The number of halogens is 3. The molecule has 1 aromatic heterocycles. The average Bonchev–Trinajstić information content (AvgIpc) is 2.55. The molecule has 1 N–H and O–H groups in total. The minimum atomic E-state index is -4.62. The van der Waals surface area contributed by atoms with E-state index < -0.39 is 12.0 Å². The van der Waals surface area contributed by atoms with Crippen LogP contribution in [0.2, 0.25) is 0 Å². The van der Waals surface area contributed by atoms with E-state index in [0.717, 1.165) is 11.1 Å². The van der Waals surface area contributed by atoms with Gasteiger partial charge in [0.15, 0.2) is 5.82 Å². The van der Waals surface area contributed by atoms with Crippen molar-refractivity contribution in [3.05, 3.63) is 65.5 Å². The third-order valence-electron chi connectivity index (χ3n) is 3.32. The first-order valence-electron chi connectivity index (χ1n) is 7.13. The second-order valence-electron chi connectivity index (χ2n) is 5.19. The van der Waals surface area contributed by atoms with Crippen LogP contribution < -0.4 is 5.43 Å². The van der Waals surface area contributed by atoms with Crippen LogP contribution in [0.4, 0.5) is 19.0 Å². The van der Waals surface area contributed by atoms with E-state index in [1.807, 2.05) is 31.2 Å². The molecule has 0 bridgehead atoms. The molecule has 24 heavy (non-hydrogen) atoms. The molecule has 0 aliphatic carbocycles. The molecule has 1 heterocycles. The number of hydrazone groups is 1. The van der Waals surface area contributed by atoms with Gasteiger partial charge in [-0.2, -0.15) is 18.3 Å². The van der Waals surface area contributed by atoms with Crippen molar-refractivity contribution in [2.75, 3.05) is 5.43 Å². The lowest BCUT2D eigenvalue weighted by Crippen LogP contribution is -2.12. The Bertz CT molecular complexity index is 886. The third-order valence-corrected chi connectivity index (χ3v) is 3.32. The van der Waals surface area contributed by atoms with E-state index in [1.54, 1.807) is 18.2 Å². The highest BCUT2D eigenvalue weighted by Gasteiger charge is 2.35. The van der Waals surface area contributed by atoms with E-state index >= 15 is 0 Å². The highest BCUT2D eigenvalue weighted by molar-refractivity contribution is 5.89. The number of nitrogens with one attached hydrogen (secondary N) is 1. The van der Waals surface area contributed by atoms with Crippen LogP contribution in [0.1, 0.15) is 17.0 Å². The van der Waals surface area contributed by atoms with Gasteiger partial charge < -0.3 is 0 Å². The fourth-order valence-electron chi connectivity index (χ4n) is 2.11. The van der Waals surface area contributed by atoms with E-state index in [2.05, 4.69) is 20.5 Å². The molecule has 0 aliphatic rings. The lowest BCUT2D eigenvalue weighted by Gasteiger charge is -2.09. The van der Waals surface area contributed by atoms with Gasteiger partial charge in [-0.1, -0.05) is 42.0 Å². The van der Waals surface area contributed by atoms with Gasteiger partial charge in [0.2, 0.25) is 5.82 Å². The van der Waals surface area contributed by atoms with Gasteiger partial charge in [-0.25, -0.2) is 9.97 Å². The zero-order valence-electron chi connectivity index (χ0n) is 12.7. The average molecular weight is 330 g/mol. The van der Waals surface area contributed by atoms with Gasteiger partial charge in [-0.15, -0.1) is 0 Å². The largest absolute Gasteiger partial charge is 0.451 e. The van der Waals surface area contributed by atoms with Crippen LogP contribution in [-0.2, 0) is 6.18 Å². The Morgan fingerprint density at radius 1 is 1.00 bits per heavy atom. The highest BCUT2D eigenvalue weighted by atomic mass is 19.4. The molecule has 0 spiro atoms. The Morgan fingerprint density at radius 3 is 2.42 bits per heavy atom. The van der Waals surface area contributed by atoms with Crippen LogP contribution in [0, 0.1) is 6.92 Å². The van der Waals surface area contributed by atoms with Crippen LogP contribution >= 0.6 is 0 Å². The molecule has 3 aromatic rings. The smallest absolute Gasteiger partial charge is 0.261 e. The molecule has 0 saturated carbocycles. The summed E-state index contributed by atoms with van der Waals surface area (Å²) in [6, 6.07) is 14.0. The summed E-state index contributed by atoms with van der Waals surface area (Å²) < 4.78 is 38.8. The molecule has 0 atom stereocenters. The van der Waals surface area contributed by atoms with Gasteiger partial charge in [0.05, 0.1) is 11.7 Å². The van der Waals surface area contributed by atoms with E-state index in [9.17, 15) is 13.2 Å². The van der Waals surface area contributed by atoms with E-state index in [-0.39, 0.29) is 11.3 Å². The predicted octanol–water partition coefficient (Wildman–Crippen LogP) is 4.40. The SMILES string of the molecule is Cc1ccc(C=NNc2nc(C(F)(F)F)nc3ccccc23)cc1. The molecular weight excluding hydrogens is 317 g/mol. The Labute approximate surface area is 136 Å². The first kappa shape index (κ1) is 15.9. The summed E-state index contributed by atoms with van der Waals surface area (Å²) in [5, 5.41) is 4.45. The van der Waals surface area contributed by atoms with Crippen LogP contribution in [0.5, 0.6) is 0 Å². The zero-order valence-corrected chi connectivity index (χ0v) is 12.7. The summed E-state index contributed by atoms with van der Waals surface area (Å²) in [6.07, 6.45) is -3.11. The Morgan fingerprint density at radius 2 is 1.71 bits per heavy atom. The number of aromatic nitrogens is 2. The van der Waals surface area contributed by atoms with Crippen molar-refractivity contribution in [1.82, 2.24) is 9.97 Å². The topological polar surface area (TPSA) is 50.2 Å². The first-order valence-corrected chi connectivity index (χ1v) is 7.13. The normalized spacial score (nSPS) is 12.0. The Balaban J connectivity index is 1.94. The lowest BCUT2D eigenvalue weighted by atomic mass is 10.2. The minimum absolute atomic E-state index is 0.0105. The van der Waals surface area contributed by atoms with Crippen LogP contribution in [-0.4, -0.2) is 16.2 Å². The minimum Gasteiger partial charge on any atom is -0.261 e. The Hall–Kier alpha value is -2.96. The summed E-state index contributed by atoms with van der Waals surface area (Å²) in [6.45, 7) is 1.96. The van der Waals surface area contributed by atoms with Gasteiger partial charge in [0.25, 0.3) is 0 Å². The molecular formula is C17H13F3N4. The molecule has 2 aromatic carbocycles. The number of para-hydroxylation sites is 1. The number of nitrogens with zero attached hydrogens (tertiary/aromatic N) is 3. The van der Waals surface area contributed by atoms with Crippen LogP contribution in [0.15, 0.2) is 53.6 Å². The van der Waals surface area contributed by atoms with Crippen molar-refractivity contribution in [3.8, 4) is 0 Å². The second kappa shape index (κ2) is 6.27. The molecule has 7 heteroatoms. The van der Waals surface area contributed by atoms with Gasteiger partial charge in [0.1, 0.15) is 0 Å².